The average Bonchev–Trinajstić information content (AvgIpc) is 3.19. The van der Waals surface area contributed by atoms with Crippen LogP contribution in [0.5, 0.6) is 5.88 Å². The summed E-state index contributed by atoms with van der Waals surface area (Å²) in [5, 5.41) is 12.0. The van der Waals surface area contributed by atoms with E-state index < -0.39 is 12.0 Å². The first-order valence-electron chi connectivity index (χ1n) is 7.39. The van der Waals surface area contributed by atoms with Crippen molar-refractivity contribution in [1.82, 2.24) is 34.3 Å². The minimum absolute atomic E-state index is 0.156. The summed E-state index contributed by atoms with van der Waals surface area (Å²) in [5.41, 5.74) is 0.507. The fraction of sp³-hybridized carbons (Fsp3) is 0.462. The highest BCUT2D eigenvalue weighted by atomic mass is 32.2. The molecule has 0 aliphatic carbocycles. The standard InChI is InChI=1S/C13H14F3N7OS/c1-3-22-7-17-20-12(22)25-6-8-5-9(24-4-2)23-11(18-8)19-10(21-23)13(14,15)16/h5,7H,3-4,6H2,1-2H3. The van der Waals surface area contributed by atoms with E-state index in [0.717, 1.165) is 4.52 Å². The van der Waals surface area contributed by atoms with Crippen LogP contribution in [0.15, 0.2) is 17.6 Å². The summed E-state index contributed by atoms with van der Waals surface area (Å²) in [5.74, 6) is -0.880. The first-order chi connectivity index (χ1) is 11.9. The van der Waals surface area contributed by atoms with Gasteiger partial charge in [0.05, 0.1) is 12.3 Å². The fourth-order valence-corrected chi connectivity index (χ4v) is 2.92. The van der Waals surface area contributed by atoms with Gasteiger partial charge in [0.15, 0.2) is 5.16 Å². The lowest BCUT2D eigenvalue weighted by Gasteiger charge is -2.07. The molecule has 0 saturated carbocycles. The Balaban J connectivity index is 1.92. The van der Waals surface area contributed by atoms with Crippen LogP contribution >= 0.6 is 11.8 Å². The Labute approximate surface area is 144 Å². The first-order valence-corrected chi connectivity index (χ1v) is 8.38. The van der Waals surface area contributed by atoms with Gasteiger partial charge in [0.2, 0.25) is 5.88 Å². The zero-order valence-electron chi connectivity index (χ0n) is 13.4. The molecule has 3 rings (SSSR count). The van der Waals surface area contributed by atoms with Crippen LogP contribution in [0, 0.1) is 0 Å². The van der Waals surface area contributed by atoms with E-state index in [0.29, 0.717) is 23.1 Å². The maximum absolute atomic E-state index is 12.8. The summed E-state index contributed by atoms with van der Waals surface area (Å²) in [6.07, 6.45) is -3.04. The maximum atomic E-state index is 12.8. The number of hydrogen-bond acceptors (Lipinski definition) is 7. The zero-order valence-corrected chi connectivity index (χ0v) is 14.2. The lowest BCUT2D eigenvalue weighted by Crippen LogP contribution is -2.08. The number of halogens is 3. The molecule has 0 amide bonds. The van der Waals surface area contributed by atoms with Crippen molar-refractivity contribution in [2.45, 2.75) is 37.5 Å². The molecule has 0 N–H and O–H groups in total. The van der Waals surface area contributed by atoms with Crippen molar-refractivity contribution in [3.8, 4) is 5.88 Å². The van der Waals surface area contributed by atoms with Crippen LogP contribution in [-0.4, -0.2) is 41.0 Å². The van der Waals surface area contributed by atoms with E-state index in [4.69, 9.17) is 4.74 Å². The van der Waals surface area contributed by atoms with Gasteiger partial charge in [0, 0.05) is 18.4 Å². The Morgan fingerprint density at radius 1 is 1.24 bits per heavy atom. The quantitative estimate of drug-likeness (QED) is 0.614. The minimum Gasteiger partial charge on any atom is -0.478 e. The Hall–Kier alpha value is -2.37. The predicted molar refractivity (Wildman–Crippen MR) is 82.2 cm³/mol. The molecule has 8 nitrogen and oxygen atoms in total. The van der Waals surface area contributed by atoms with Gasteiger partial charge in [-0.05, 0) is 13.8 Å². The second-order valence-corrected chi connectivity index (χ2v) is 5.79. The third kappa shape index (κ3) is 3.67. The monoisotopic (exact) mass is 373 g/mol. The lowest BCUT2D eigenvalue weighted by atomic mass is 10.4. The van der Waals surface area contributed by atoms with Crippen molar-refractivity contribution in [1.29, 1.82) is 0 Å². The number of nitrogens with zero attached hydrogens (tertiary/aromatic N) is 7. The lowest BCUT2D eigenvalue weighted by molar-refractivity contribution is -0.144. The van der Waals surface area contributed by atoms with Crippen LogP contribution in [0.3, 0.4) is 0 Å². The third-order valence-electron chi connectivity index (χ3n) is 3.15. The van der Waals surface area contributed by atoms with E-state index in [1.807, 2.05) is 11.5 Å². The van der Waals surface area contributed by atoms with Gasteiger partial charge < -0.3 is 9.30 Å². The van der Waals surface area contributed by atoms with Gasteiger partial charge in [-0.25, -0.2) is 4.98 Å². The number of hydrogen-bond donors (Lipinski definition) is 0. The normalized spacial score (nSPS) is 12.0. The molecule has 0 unspecified atom stereocenters. The highest BCUT2D eigenvalue weighted by Crippen LogP contribution is 2.28. The van der Waals surface area contributed by atoms with E-state index >= 15 is 0 Å². The summed E-state index contributed by atoms with van der Waals surface area (Å²) in [4.78, 5) is 7.60. The van der Waals surface area contributed by atoms with Crippen LogP contribution in [0.1, 0.15) is 25.4 Å². The average molecular weight is 373 g/mol. The summed E-state index contributed by atoms with van der Waals surface area (Å²) < 4.78 is 46.7. The summed E-state index contributed by atoms with van der Waals surface area (Å²) >= 11 is 1.37. The predicted octanol–water partition coefficient (Wildman–Crippen LogP) is 2.45. The van der Waals surface area contributed by atoms with Crippen LogP contribution < -0.4 is 4.74 Å². The van der Waals surface area contributed by atoms with Gasteiger partial charge >= 0.3 is 6.18 Å². The van der Waals surface area contributed by atoms with Gasteiger partial charge in [-0.2, -0.15) is 22.7 Å². The van der Waals surface area contributed by atoms with Gasteiger partial charge in [0.1, 0.15) is 6.33 Å². The van der Waals surface area contributed by atoms with Gasteiger partial charge in [-0.3, -0.25) is 0 Å². The zero-order chi connectivity index (χ0) is 18.0. The highest BCUT2D eigenvalue weighted by molar-refractivity contribution is 7.98. The summed E-state index contributed by atoms with van der Waals surface area (Å²) in [7, 11) is 0. The van der Waals surface area contributed by atoms with Crippen LogP contribution in [0.25, 0.3) is 5.78 Å². The molecule has 0 radical (unpaired) electrons. The molecule has 0 saturated heterocycles. The number of rotatable bonds is 6. The molecule has 3 aromatic heterocycles. The third-order valence-corrected chi connectivity index (χ3v) is 4.16. The molecule has 0 aliphatic heterocycles. The number of aromatic nitrogens is 7. The largest absolute Gasteiger partial charge is 0.478 e. The highest BCUT2D eigenvalue weighted by Gasteiger charge is 2.37. The van der Waals surface area contributed by atoms with Gasteiger partial charge in [-0.15, -0.1) is 15.3 Å². The minimum atomic E-state index is -4.65. The number of ether oxygens (including phenoxy) is 1. The van der Waals surface area contributed by atoms with E-state index in [1.54, 1.807) is 19.3 Å². The molecule has 0 atom stereocenters. The van der Waals surface area contributed by atoms with E-state index in [9.17, 15) is 13.2 Å². The molecule has 0 spiro atoms. The molecular weight excluding hydrogens is 359 g/mol. The molecule has 0 fully saturated rings. The summed E-state index contributed by atoms with van der Waals surface area (Å²) in [6.45, 7) is 4.67. The van der Waals surface area contributed by atoms with E-state index in [1.165, 1.54) is 11.8 Å². The van der Waals surface area contributed by atoms with Crippen LogP contribution in [0.2, 0.25) is 0 Å². The Morgan fingerprint density at radius 3 is 2.72 bits per heavy atom. The van der Waals surface area contributed by atoms with Crippen molar-refractivity contribution >= 4 is 17.5 Å². The second kappa shape index (κ2) is 6.86. The van der Waals surface area contributed by atoms with E-state index in [-0.39, 0.29) is 18.3 Å². The fourth-order valence-electron chi connectivity index (χ4n) is 2.04. The summed E-state index contributed by atoms with van der Waals surface area (Å²) in [6, 6.07) is 1.55. The van der Waals surface area contributed by atoms with Gasteiger partial charge in [-0.1, -0.05) is 11.8 Å². The Bertz CT molecular complexity index is 876. The van der Waals surface area contributed by atoms with Crippen molar-refractivity contribution in [3.05, 3.63) is 23.9 Å². The molecule has 0 aromatic carbocycles. The first kappa shape index (κ1) is 17.5. The molecule has 3 aromatic rings. The number of aryl methyl sites for hydroxylation is 1. The number of alkyl halides is 3. The smallest absolute Gasteiger partial charge is 0.453 e. The molecule has 12 heteroatoms. The molecule has 0 bridgehead atoms. The SMILES string of the molecule is CCOc1cc(CSc2nncn2CC)nc2nc(C(F)(F)F)nn12. The Morgan fingerprint density at radius 2 is 2.04 bits per heavy atom. The van der Waals surface area contributed by atoms with Crippen molar-refractivity contribution < 1.29 is 17.9 Å². The topological polar surface area (TPSA) is 83.0 Å². The number of thioether (sulfide) groups is 1. The molecule has 25 heavy (non-hydrogen) atoms. The second-order valence-electron chi connectivity index (χ2n) is 4.85. The van der Waals surface area contributed by atoms with E-state index in [2.05, 4.69) is 25.3 Å². The maximum Gasteiger partial charge on any atom is 0.453 e. The molecule has 0 aliphatic rings. The van der Waals surface area contributed by atoms with Gasteiger partial charge in [0.25, 0.3) is 11.6 Å². The van der Waals surface area contributed by atoms with Crippen molar-refractivity contribution in [2.75, 3.05) is 6.61 Å². The molecule has 3 heterocycles. The van der Waals surface area contributed by atoms with Crippen LogP contribution in [0.4, 0.5) is 13.2 Å². The molecular formula is C13H14F3N7OS. The van der Waals surface area contributed by atoms with Crippen molar-refractivity contribution in [3.63, 3.8) is 0 Å². The Kier molecular flexibility index (Phi) is 4.79. The van der Waals surface area contributed by atoms with Crippen LogP contribution in [-0.2, 0) is 18.5 Å². The molecule has 134 valence electrons. The van der Waals surface area contributed by atoms with Crippen molar-refractivity contribution in [2.24, 2.45) is 0 Å². The number of fused-ring (bicyclic) bond motifs is 1.